The minimum Gasteiger partial charge on any atom is -0.496 e. The van der Waals surface area contributed by atoms with Crippen molar-refractivity contribution in [2.75, 3.05) is 7.11 Å². The van der Waals surface area contributed by atoms with Crippen LogP contribution in [0, 0.1) is 10.1 Å². The Hall–Kier alpha value is -2.67. The van der Waals surface area contributed by atoms with Gasteiger partial charge in [-0.2, -0.15) is 5.10 Å². The Balaban J connectivity index is 1.90. The van der Waals surface area contributed by atoms with Crippen molar-refractivity contribution >= 4 is 28.2 Å². The molecule has 1 aromatic heterocycles. The molecule has 0 radical (unpaired) electrons. The van der Waals surface area contributed by atoms with E-state index in [0.717, 1.165) is 21.4 Å². The Bertz CT molecular complexity index is 865. The summed E-state index contributed by atoms with van der Waals surface area (Å²) in [6.07, 6.45) is 1.72. The molecule has 0 fully saturated rings. The van der Waals surface area contributed by atoms with Gasteiger partial charge in [0, 0.05) is 34.2 Å². The van der Waals surface area contributed by atoms with Crippen LogP contribution in [0.2, 0.25) is 0 Å². The summed E-state index contributed by atoms with van der Waals surface area (Å²) in [4.78, 5) is 10.5. The van der Waals surface area contributed by atoms with Crippen molar-refractivity contribution in [2.24, 2.45) is 0 Å². The predicted octanol–water partition coefficient (Wildman–Crippen LogP) is 3.84. The first-order valence-corrected chi connectivity index (χ1v) is 7.82. The summed E-state index contributed by atoms with van der Waals surface area (Å²) in [6.45, 7) is 0. The number of benzene rings is 2. The lowest BCUT2D eigenvalue weighted by atomic mass is 10.2. The van der Waals surface area contributed by atoms with Crippen molar-refractivity contribution in [1.82, 2.24) is 10.2 Å². The van der Waals surface area contributed by atoms with E-state index in [2.05, 4.69) is 10.2 Å². The molecule has 0 saturated heterocycles. The van der Waals surface area contributed by atoms with Crippen molar-refractivity contribution in [3.63, 3.8) is 0 Å². The van der Waals surface area contributed by atoms with Crippen LogP contribution < -0.4 is 4.74 Å². The zero-order valence-corrected chi connectivity index (χ0v) is 13.1. The summed E-state index contributed by atoms with van der Waals surface area (Å²) in [6, 6.07) is 12.4. The van der Waals surface area contributed by atoms with Gasteiger partial charge in [-0.05, 0) is 6.07 Å². The molecule has 0 aliphatic rings. The lowest BCUT2D eigenvalue weighted by Crippen LogP contribution is -1.95. The van der Waals surface area contributed by atoms with Crippen molar-refractivity contribution in [2.45, 2.75) is 10.8 Å². The summed E-state index contributed by atoms with van der Waals surface area (Å²) in [5.74, 6) is 1.13. The SMILES string of the molecule is COc1ccc([N+](=O)[O-])cc1CSc1nncc2ccccc12. The van der Waals surface area contributed by atoms with Gasteiger partial charge in [0.1, 0.15) is 10.8 Å². The maximum absolute atomic E-state index is 10.9. The topological polar surface area (TPSA) is 78.2 Å². The average Bonchev–Trinajstić information content (AvgIpc) is 2.59. The normalized spacial score (nSPS) is 10.7. The zero-order valence-electron chi connectivity index (χ0n) is 12.3. The van der Waals surface area contributed by atoms with E-state index < -0.39 is 4.92 Å². The standard InChI is InChI=1S/C16H13N3O3S/c1-22-15-7-6-13(19(20)21)8-12(15)10-23-16-14-5-3-2-4-11(14)9-17-18-16/h2-9H,10H2,1H3. The van der Waals surface area contributed by atoms with Crippen LogP contribution in [0.15, 0.2) is 53.7 Å². The second kappa shape index (κ2) is 6.62. The fourth-order valence-corrected chi connectivity index (χ4v) is 3.21. The highest BCUT2D eigenvalue weighted by Gasteiger charge is 2.13. The van der Waals surface area contributed by atoms with Crippen molar-refractivity contribution in [3.8, 4) is 5.75 Å². The molecule has 116 valence electrons. The van der Waals surface area contributed by atoms with Gasteiger partial charge >= 0.3 is 0 Å². The minimum absolute atomic E-state index is 0.0467. The van der Waals surface area contributed by atoms with E-state index in [1.165, 1.54) is 23.9 Å². The molecule has 7 heteroatoms. The third-order valence-corrected chi connectivity index (χ3v) is 4.41. The van der Waals surface area contributed by atoms with Crippen LogP contribution in [0.4, 0.5) is 5.69 Å². The van der Waals surface area contributed by atoms with Crippen LogP contribution in [0.5, 0.6) is 5.75 Å². The molecule has 23 heavy (non-hydrogen) atoms. The summed E-state index contributed by atoms with van der Waals surface area (Å²) >= 11 is 1.48. The van der Waals surface area contributed by atoms with Gasteiger partial charge in [0.15, 0.2) is 0 Å². The number of methoxy groups -OCH3 is 1. The third kappa shape index (κ3) is 3.24. The van der Waals surface area contributed by atoms with E-state index in [-0.39, 0.29) is 5.69 Å². The molecule has 3 aromatic rings. The number of hydrogen-bond donors (Lipinski definition) is 0. The molecule has 1 heterocycles. The number of aromatic nitrogens is 2. The van der Waals surface area contributed by atoms with Gasteiger partial charge in [-0.15, -0.1) is 5.10 Å². The molecule has 0 aliphatic heterocycles. The van der Waals surface area contributed by atoms with E-state index in [4.69, 9.17) is 4.74 Å². The largest absolute Gasteiger partial charge is 0.496 e. The van der Waals surface area contributed by atoms with Gasteiger partial charge < -0.3 is 4.74 Å². The van der Waals surface area contributed by atoms with Crippen LogP contribution in [0.3, 0.4) is 0 Å². The maximum atomic E-state index is 10.9. The van der Waals surface area contributed by atoms with Gasteiger partial charge in [0.2, 0.25) is 0 Å². The summed E-state index contributed by atoms with van der Waals surface area (Å²) in [7, 11) is 1.55. The van der Waals surface area contributed by atoms with E-state index in [9.17, 15) is 10.1 Å². The number of ether oxygens (including phenoxy) is 1. The number of nitro benzene ring substituents is 1. The quantitative estimate of drug-likeness (QED) is 0.402. The molecule has 0 amide bonds. The molecule has 0 atom stereocenters. The summed E-state index contributed by atoms with van der Waals surface area (Å²) < 4.78 is 5.28. The second-order valence-corrected chi connectivity index (χ2v) is 5.74. The number of rotatable bonds is 5. The third-order valence-electron chi connectivity index (χ3n) is 3.38. The Morgan fingerprint density at radius 2 is 2.09 bits per heavy atom. The Kier molecular flexibility index (Phi) is 4.38. The smallest absolute Gasteiger partial charge is 0.270 e. The Labute approximate surface area is 136 Å². The lowest BCUT2D eigenvalue weighted by molar-refractivity contribution is -0.384. The number of non-ortho nitro benzene ring substituents is 1. The number of hydrogen-bond acceptors (Lipinski definition) is 6. The van der Waals surface area contributed by atoms with Gasteiger partial charge in [0.05, 0.1) is 18.2 Å². The number of fused-ring (bicyclic) bond motifs is 1. The molecule has 0 bridgehead atoms. The molecule has 6 nitrogen and oxygen atoms in total. The molecule has 0 saturated carbocycles. The molecule has 0 aliphatic carbocycles. The molecule has 0 unspecified atom stereocenters. The van der Waals surface area contributed by atoms with Gasteiger partial charge in [-0.3, -0.25) is 10.1 Å². The molecule has 3 rings (SSSR count). The first-order chi connectivity index (χ1) is 11.2. The first-order valence-electron chi connectivity index (χ1n) is 6.83. The van der Waals surface area contributed by atoms with E-state index in [1.54, 1.807) is 19.4 Å². The van der Waals surface area contributed by atoms with Gasteiger partial charge in [-0.25, -0.2) is 0 Å². The van der Waals surface area contributed by atoms with Crippen molar-refractivity contribution in [3.05, 3.63) is 64.3 Å². The lowest BCUT2D eigenvalue weighted by Gasteiger charge is -2.08. The Morgan fingerprint density at radius 3 is 2.87 bits per heavy atom. The molecular weight excluding hydrogens is 314 g/mol. The fourth-order valence-electron chi connectivity index (χ4n) is 2.25. The van der Waals surface area contributed by atoms with Crippen LogP contribution in [-0.4, -0.2) is 22.2 Å². The number of thioether (sulfide) groups is 1. The predicted molar refractivity (Wildman–Crippen MR) is 88.7 cm³/mol. The van der Waals surface area contributed by atoms with Crippen molar-refractivity contribution < 1.29 is 9.66 Å². The zero-order chi connectivity index (χ0) is 16.2. The highest BCUT2D eigenvalue weighted by Crippen LogP contribution is 2.32. The summed E-state index contributed by atoms with van der Waals surface area (Å²) in [5.41, 5.74) is 0.798. The highest BCUT2D eigenvalue weighted by atomic mass is 32.2. The van der Waals surface area contributed by atoms with Gasteiger partial charge in [0.25, 0.3) is 5.69 Å². The second-order valence-electron chi connectivity index (χ2n) is 4.78. The number of nitro groups is 1. The summed E-state index contributed by atoms with van der Waals surface area (Å²) in [5, 5.41) is 21.9. The molecular formula is C16H13N3O3S. The van der Waals surface area contributed by atoms with E-state index in [1.807, 2.05) is 24.3 Å². The number of nitrogens with zero attached hydrogens (tertiary/aromatic N) is 3. The fraction of sp³-hybridized carbons (Fsp3) is 0.125. The molecule has 0 spiro atoms. The van der Waals surface area contributed by atoms with Gasteiger partial charge in [-0.1, -0.05) is 36.0 Å². The molecule has 2 aromatic carbocycles. The van der Waals surface area contributed by atoms with Crippen LogP contribution in [0.1, 0.15) is 5.56 Å². The average molecular weight is 327 g/mol. The molecule has 0 N–H and O–H groups in total. The van der Waals surface area contributed by atoms with Crippen molar-refractivity contribution in [1.29, 1.82) is 0 Å². The Morgan fingerprint density at radius 1 is 1.26 bits per heavy atom. The monoisotopic (exact) mass is 327 g/mol. The first kappa shape index (κ1) is 15.2. The van der Waals surface area contributed by atoms with E-state index in [0.29, 0.717) is 11.5 Å². The highest BCUT2D eigenvalue weighted by molar-refractivity contribution is 7.98. The maximum Gasteiger partial charge on any atom is 0.270 e. The van der Waals surface area contributed by atoms with Crippen LogP contribution >= 0.6 is 11.8 Å². The van der Waals surface area contributed by atoms with E-state index >= 15 is 0 Å². The van der Waals surface area contributed by atoms with Crippen LogP contribution in [-0.2, 0) is 5.75 Å². The minimum atomic E-state index is -0.411. The van der Waals surface area contributed by atoms with Crippen LogP contribution in [0.25, 0.3) is 10.8 Å².